The largest absolute Gasteiger partial charge is 0.338 e. The average Bonchev–Trinajstić information content (AvgIpc) is 2.05. The van der Waals surface area contributed by atoms with E-state index in [0.29, 0.717) is 12.3 Å². The predicted octanol–water partition coefficient (Wildman–Crippen LogP) is 1.97. The molecule has 0 spiro atoms. The number of hydrogen-bond donors (Lipinski definition) is 0. The summed E-state index contributed by atoms with van der Waals surface area (Å²) in [5, 5.41) is 0. The maximum absolute atomic E-state index is 11.4. The molecule has 1 heterocycles. The van der Waals surface area contributed by atoms with Crippen LogP contribution >= 0.6 is 0 Å². The Morgan fingerprint density at radius 3 is 3.00 bits per heavy atom. The van der Waals surface area contributed by atoms with E-state index in [1.807, 2.05) is 11.8 Å². The highest BCUT2D eigenvalue weighted by Crippen LogP contribution is 2.10. The van der Waals surface area contributed by atoms with Crippen LogP contribution in [0.25, 0.3) is 0 Å². The fourth-order valence-corrected chi connectivity index (χ4v) is 1.50. The fourth-order valence-electron chi connectivity index (χ4n) is 1.50. The van der Waals surface area contributed by atoms with Gasteiger partial charge in [0.15, 0.2) is 0 Å². The van der Waals surface area contributed by atoms with Crippen LogP contribution in [-0.2, 0) is 4.79 Å². The summed E-state index contributed by atoms with van der Waals surface area (Å²) in [7, 11) is 0. The van der Waals surface area contributed by atoms with Crippen molar-refractivity contribution in [3.8, 4) is 0 Å². The monoisotopic (exact) mass is 167 g/mol. The summed E-state index contributed by atoms with van der Waals surface area (Å²) in [5.74, 6) is 0.310. The lowest BCUT2D eigenvalue weighted by Crippen LogP contribution is -2.35. The van der Waals surface area contributed by atoms with E-state index in [-0.39, 0.29) is 0 Å². The molecular weight excluding hydrogens is 150 g/mol. The molecule has 1 aliphatic heterocycles. The highest BCUT2D eigenvalue weighted by molar-refractivity contribution is 5.76. The SMILES string of the molecule is CCCC(=O)N1CCC=C(C)C1. The molecule has 1 aliphatic rings. The van der Waals surface area contributed by atoms with Crippen molar-refractivity contribution in [2.24, 2.45) is 0 Å². The standard InChI is InChI=1S/C10H17NO/c1-3-5-10(12)11-7-4-6-9(2)8-11/h6H,3-5,7-8H2,1-2H3. The second kappa shape index (κ2) is 4.29. The van der Waals surface area contributed by atoms with Crippen molar-refractivity contribution in [1.29, 1.82) is 0 Å². The summed E-state index contributed by atoms with van der Waals surface area (Å²) in [6.45, 7) is 5.89. The van der Waals surface area contributed by atoms with E-state index in [1.165, 1.54) is 5.57 Å². The number of hydrogen-bond acceptors (Lipinski definition) is 1. The first-order valence-corrected chi connectivity index (χ1v) is 4.67. The fraction of sp³-hybridized carbons (Fsp3) is 0.700. The van der Waals surface area contributed by atoms with E-state index in [0.717, 1.165) is 25.9 Å². The molecule has 0 aliphatic carbocycles. The first-order chi connectivity index (χ1) is 5.74. The number of carbonyl (C=O) groups excluding carboxylic acids is 1. The first kappa shape index (κ1) is 9.30. The van der Waals surface area contributed by atoms with Gasteiger partial charge in [-0.15, -0.1) is 0 Å². The minimum atomic E-state index is 0.310. The Kier molecular flexibility index (Phi) is 3.32. The van der Waals surface area contributed by atoms with Crippen molar-refractivity contribution in [1.82, 2.24) is 4.90 Å². The van der Waals surface area contributed by atoms with Gasteiger partial charge in [-0.1, -0.05) is 18.6 Å². The summed E-state index contributed by atoms with van der Waals surface area (Å²) >= 11 is 0. The molecule has 1 rings (SSSR count). The summed E-state index contributed by atoms with van der Waals surface area (Å²) < 4.78 is 0. The molecule has 2 heteroatoms. The van der Waals surface area contributed by atoms with E-state index in [1.54, 1.807) is 0 Å². The van der Waals surface area contributed by atoms with Crippen LogP contribution in [0.2, 0.25) is 0 Å². The van der Waals surface area contributed by atoms with Crippen molar-refractivity contribution >= 4 is 5.91 Å². The van der Waals surface area contributed by atoms with Crippen molar-refractivity contribution in [3.63, 3.8) is 0 Å². The van der Waals surface area contributed by atoms with Gasteiger partial charge in [0.1, 0.15) is 0 Å². The zero-order valence-corrected chi connectivity index (χ0v) is 7.97. The lowest BCUT2D eigenvalue weighted by molar-refractivity contribution is -0.131. The topological polar surface area (TPSA) is 20.3 Å². The highest BCUT2D eigenvalue weighted by Gasteiger charge is 2.14. The Labute approximate surface area is 74.2 Å². The zero-order valence-electron chi connectivity index (χ0n) is 7.97. The van der Waals surface area contributed by atoms with Gasteiger partial charge in [-0.3, -0.25) is 4.79 Å². The van der Waals surface area contributed by atoms with Gasteiger partial charge in [0.05, 0.1) is 0 Å². The molecule has 0 aromatic rings. The van der Waals surface area contributed by atoms with Gasteiger partial charge in [0, 0.05) is 19.5 Å². The van der Waals surface area contributed by atoms with Crippen LogP contribution in [0.1, 0.15) is 33.1 Å². The van der Waals surface area contributed by atoms with Crippen molar-refractivity contribution in [2.75, 3.05) is 13.1 Å². The third kappa shape index (κ3) is 2.36. The second-order valence-corrected chi connectivity index (χ2v) is 3.40. The maximum atomic E-state index is 11.4. The maximum Gasteiger partial charge on any atom is 0.222 e. The van der Waals surface area contributed by atoms with Crippen LogP contribution in [0.4, 0.5) is 0 Å². The Morgan fingerprint density at radius 2 is 2.42 bits per heavy atom. The summed E-state index contributed by atoms with van der Waals surface area (Å²) in [6, 6.07) is 0. The molecule has 1 amide bonds. The van der Waals surface area contributed by atoms with E-state index in [2.05, 4.69) is 13.0 Å². The summed E-state index contributed by atoms with van der Waals surface area (Å²) in [6.07, 6.45) is 4.91. The molecule has 0 aromatic heterocycles. The molecule has 0 N–H and O–H groups in total. The molecule has 0 radical (unpaired) electrons. The normalized spacial score (nSPS) is 17.5. The molecule has 0 bridgehead atoms. The molecule has 0 saturated heterocycles. The van der Waals surface area contributed by atoms with Crippen molar-refractivity contribution in [3.05, 3.63) is 11.6 Å². The molecule has 2 nitrogen and oxygen atoms in total. The van der Waals surface area contributed by atoms with E-state index >= 15 is 0 Å². The van der Waals surface area contributed by atoms with Gasteiger partial charge in [-0.25, -0.2) is 0 Å². The lowest BCUT2D eigenvalue weighted by atomic mass is 10.1. The zero-order chi connectivity index (χ0) is 8.97. The van der Waals surface area contributed by atoms with Gasteiger partial charge < -0.3 is 4.90 Å². The van der Waals surface area contributed by atoms with Crippen LogP contribution in [0, 0.1) is 0 Å². The van der Waals surface area contributed by atoms with Crippen molar-refractivity contribution in [2.45, 2.75) is 33.1 Å². The van der Waals surface area contributed by atoms with Crippen LogP contribution in [0.3, 0.4) is 0 Å². The molecule has 68 valence electrons. The van der Waals surface area contributed by atoms with Crippen LogP contribution in [-0.4, -0.2) is 23.9 Å². The third-order valence-corrected chi connectivity index (χ3v) is 2.15. The van der Waals surface area contributed by atoms with Crippen LogP contribution < -0.4 is 0 Å². The summed E-state index contributed by atoms with van der Waals surface area (Å²) in [4.78, 5) is 13.4. The number of carbonyl (C=O) groups is 1. The Morgan fingerprint density at radius 1 is 1.67 bits per heavy atom. The molecular formula is C10H17NO. The van der Waals surface area contributed by atoms with Gasteiger partial charge in [0.2, 0.25) is 5.91 Å². The van der Waals surface area contributed by atoms with Crippen LogP contribution in [0.5, 0.6) is 0 Å². The quantitative estimate of drug-likeness (QED) is 0.576. The first-order valence-electron chi connectivity index (χ1n) is 4.67. The van der Waals surface area contributed by atoms with Gasteiger partial charge in [0.25, 0.3) is 0 Å². The highest BCUT2D eigenvalue weighted by atomic mass is 16.2. The molecule has 0 fully saturated rings. The number of amides is 1. The number of rotatable bonds is 2. The van der Waals surface area contributed by atoms with E-state index in [9.17, 15) is 4.79 Å². The molecule has 0 atom stereocenters. The minimum absolute atomic E-state index is 0.310. The predicted molar refractivity (Wildman–Crippen MR) is 49.9 cm³/mol. The molecule has 0 unspecified atom stereocenters. The second-order valence-electron chi connectivity index (χ2n) is 3.40. The number of nitrogens with zero attached hydrogens (tertiary/aromatic N) is 1. The molecule has 12 heavy (non-hydrogen) atoms. The van der Waals surface area contributed by atoms with Crippen LogP contribution in [0.15, 0.2) is 11.6 Å². The molecule has 0 aromatic carbocycles. The lowest BCUT2D eigenvalue weighted by Gasteiger charge is -2.26. The smallest absolute Gasteiger partial charge is 0.222 e. The summed E-state index contributed by atoms with van der Waals surface area (Å²) in [5.41, 5.74) is 1.32. The van der Waals surface area contributed by atoms with E-state index < -0.39 is 0 Å². The van der Waals surface area contributed by atoms with Gasteiger partial charge in [-0.05, 0) is 19.8 Å². The Balaban J connectivity index is 2.43. The Bertz CT molecular complexity index is 196. The average molecular weight is 167 g/mol. The van der Waals surface area contributed by atoms with Crippen molar-refractivity contribution < 1.29 is 4.79 Å². The Hall–Kier alpha value is -0.790. The van der Waals surface area contributed by atoms with Gasteiger partial charge >= 0.3 is 0 Å². The minimum Gasteiger partial charge on any atom is -0.338 e. The molecule has 0 saturated carbocycles. The third-order valence-electron chi connectivity index (χ3n) is 2.15. The van der Waals surface area contributed by atoms with Gasteiger partial charge in [-0.2, -0.15) is 0 Å². The van der Waals surface area contributed by atoms with E-state index in [4.69, 9.17) is 0 Å².